The van der Waals surface area contributed by atoms with Crippen LogP contribution in [0.2, 0.25) is 0 Å². The van der Waals surface area contributed by atoms with Gasteiger partial charge in [-0.3, -0.25) is 0 Å². The maximum atomic E-state index is 6.08. The Labute approximate surface area is 140 Å². The van der Waals surface area contributed by atoms with E-state index in [2.05, 4.69) is 53.7 Å². The Kier molecular flexibility index (Phi) is 4.91. The summed E-state index contributed by atoms with van der Waals surface area (Å²) in [5, 5.41) is 0. The number of benzene rings is 1. The molecule has 0 amide bonds. The first-order valence-electron chi connectivity index (χ1n) is 8.54. The van der Waals surface area contributed by atoms with Crippen LogP contribution < -0.4 is 0 Å². The van der Waals surface area contributed by atoms with Gasteiger partial charge in [-0.05, 0) is 36.3 Å². The summed E-state index contributed by atoms with van der Waals surface area (Å²) in [7, 11) is 0. The summed E-state index contributed by atoms with van der Waals surface area (Å²) in [4.78, 5) is 4.71. The number of oxazole rings is 1. The van der Waals surface area contributed by atoms with E-state index < -0.39 is 0 Å². The Morgan fingerprint density at radius 3 is 2.22 bits per heavy atom. The van der Waals surface area contributed by atoms with Crippen molar-refractivity contribution in [3.63, 3.8) is 0 Å². The molecule has 0 aliphatic rings. The van der Waals surface area contributed by atoms with Crippen molar-refractivity contribution in [2.24, 2.45) is 0 Å². The average Bonchev–Trinajstić information content (AvgIpc) is 2.77. The zero-order valence-electron chi connectivity index (χ0n) is 15.9. The monoisotopic (exact) mass is 317 g/mol. The lowest BCUT2D eigenvalue weighted by Crippen LogP contribution is -2.16. The molecule has 0 aliphatic heterocycles. The van der Waals surface area contributed by atoms with Crippen LogP contribution in [-0.4, -0.2) is 17.7 Å². The minimum absolute atomic E-state index is 0.0186. The van der Waals surface area contributed by atoms with Gasteiger partial charge in [0, 0.05) is 12.0 Å². The molecule has 0 aliphatic carbocycles. The summed E-state index contributed by atoms with van der Waals surface area (Å²) in [5.74, 6) is 0.761. The summed E-state index contributed by atoms with van der Waals surface area (Å²) in [6, 6.07) is 4.45. The van der Waals surface area contributed by atoms with Gasteiger partial charge in [0.05, 0.1) is 12.7 Å². The molecule has 0 radical (unpaired) electrons. The standard InChI is InChI=1S/C20H31NO2/c1-13(2)22-10-9-17-21-16-12-14(19(3,4)5)11-15(18(16)23-17)20(6,7)8/h11-13H,9-10H2,1-8H3. The molecule has 23 heavy (non-hydrogen) atoms. The molecular weight excluding hydrogens is 286 g/mol. The Bertz CT molecular complexity index is 669. The van der Waals surface area contributed by atoms with E-state index in [0.717, 1.165) is 17.0 Å². The van der Waals surface area contributed by atoms with Gasteiger partial charge in [-0.1, -0.05) is 47.6 Å². The Balaban J connectivity index is 2.46. The highest BCUT2D eigenvalue weighted by molar-refractivity contribution is 5.79. The van der Waals surface area contributed by atoms with Crippen LogP contribution in [0.5, 0.6) is 0 Å². The molecule has 0 bridgehead atoms. The highest BCUT2D eigenvalue weighted by Gasteiger charge is 2.25. The number of aromatic nitrogens is 1. The number of nitrogens with zero attached hydrogens (tertiary/aromatic N) is 1. The van der Waals surface area contributed by atoms with Gasteiger partial charge in [0.25, 0.3) is 0 Å². The zero-order valence-corrected chi connectivity index (χ0v) is 15.9. The van der Waals surface area contributed by atoms with Crippen LogP contribution in [0.25, 0.3) is 11.1 Å². The van der Waals surface area contributed by atoms with Crippen molar-refractivity contribution in [2.45, 2.75) is 78.7 Å². The topological polar surface area (TPSA) is 35.3 Å². The van der Waals surface area contributed by atoms with Crippen LogP contribution >= 0.6 is 0 Å². The van der Waals surface area contributed by atoms with Gasteiger partial charge in [-0.25, -0.2) is 4.98 Å². The normalized spacial score (nSPS) is 13.3. The minimum atomic E-state index is 0.0186. The lowest BCUT2D eigenvalue weighted by molar-refractivity contribution is 0.0784. The molecule has 0 fully saturated rings. The van der Waals surface area contributed by atoms with Crippen molar-refractivity contribution in [1.82, 2.24) is 4.98 Å². The van der Waals surface area contributed by atoms with E-state index in [-0.39, 0.29) is 16.9 Å². The van der Waals surface area contributed by atoms with Crippen molar-refractivity contribution in [2.75, 3.05) is 6.61 Å². The van der Waals surface area contributed by atoms with Gasteiger partial charge in [0.15, 0.2) is 11.5 Å². The van der Waals surface area contributed by atoms with Crippen molar-refractivity contribution < 1.29 is 9.15 Å². The number of rotatable bonds is 4. The molecule has 0 atom stereocenters. The molecule has 1 aromatic carbocycles. The molecule has 3 heteroatoms. The van der Waals surface area contributed by atoms with E-state index in [1.165, 1.54) is 11.1 Å². The molecule has 2 aromatic rings. The molecule has 128 valence electrons. The summed E-state index contributed by atoms with van der Waals surface area (Å²) in [6.45, 7) is 18.1. The molecule has 1 heterocycles. The second kappa shape index (κ2) is 6.27. The summed E-state index contributed by atoms with van der Waals surface area (Å²) >= 11 is 0. The predicted molar refractivity (Wildman–Crippen MR) is 96.2 cm³/mol. The fraction of sp³-hybridized carbons (Fsp3) is 0.650. The third-order valence-electron chi connectivity index (χ3n) is 3.98. The Morgan fingerprint density at radius 1 is 1.04 bits per heavy atom. The van der Waals surface area contributed by atoms with E-state index in [0.29, 0.717) is 13.0 Å². The van der Waals surface area contributed by atoms with Crippen LogP contribution in [0.3, 0.4) is 0 Å². The number of hydrogen-bond donors (Lipinski definition) is 0. The van der Waals surface area contributed by atoms with Gasteiger partial charge in [0.1, 0.15) is 5.52 Å². The maximum Gasteiger partial charge on any atom is 0.197 e. The van der Waals surface area contributed by atoms with Crippen LogP contribution in [-0.2, 0) is 22.0 Å². The van der Waals surface area contributed by atoms with E-state index in [1.807, 2.05) is 13.8 Å². The lowest BCUT2D eigenvalue weighted by atomic mass is 9.80. The largest absolute Gasteiger partial charge is 0.440 e. The first-order chi connectivity index (χ1) is 10.5. The molecule has 2 rings (SSSR count). The molecule has 0 saturated carbocycles. The van der Waals surface area contributed by atoms with E-state index >= 15 is 0 Å². The third-order valence-corrected chi connectivity index (χ3v) is 3.98. The second-order valence-electron chi connectivity index (χ2n) is 8.65. The number of fused-ring (bicyclic) bond motifs is 1. The van der Waals surface area contributed by atoms with Crippen LogP contribution in [0.4, 0.5) is 0 Å². The van der Waals surface area contributed by atoms with Gasteiger partial charge in [-0.2, -0.15) is 0 Å². The molecule has 0 N–H and O–H groups in total. The van der Waals surface area contributed by atoms with Crippen molar-refractivity contribution >= 4 is 11.1 Å². The number of ether oxygens (including phenoxy) is 1. The van der Waals surface area contributed by atoms with Gasteiger partial charge < -0.3 is 9.15 Å². The van der Waals surface area contributed by atoms with Crippen molar-refractivity contribution in [3.05, 3.63) is 29.2 Å². The third kappa shape index (κ3) is 4.35. The highest BCUT2D eigenvalue weighted by Crippen LogP contribution is 2.35. The van der Waals surface area contributed by atoms with Gasteiger partial charge in [0.2, 0.25) is 0 Å². The maximum absolute atomic E-state index is 6.08. The van der Waals surface area contributed by atoms with Crippen molar-refractivity contribution in [1.29, 1.82) is 0 Å². The smallest absolute Gasteiger partial charge is 0.197 e. The van der Waals surface area contributed by atoms with E-state index in [1.54, 1.807) is 0 Å². The van der Waals surface area contributed by atoms with Crippen LogP contribution in [0.15, 0.2) is 16.5 Å². The minimum Gasteiger partial charge on any atom is -0.440 e. The summed E-state index contributed by atoms with van der Waals surface area (Å²) in [5.41, 5.74) is 4.52. The average molecular weight is 317 g/mol. The summed E-state index contributed by atoms with van der Waals surface area (Å²) < 4.78 is 11.7. The second-order valence-corrected chi connectivity index (χ2v) is 8.65. The Hall–Kier alpha value is -1.35. The molecular formula is C20H31NO2. The van der Waals surface area contributed by atoms with Crippen molar-refractivity contribution in [3.8, 4) is 0 Å². The quantitative estimate of drug-likeness (QED) is 0.758. The fourth-order valence-corrected chi connectivity index (χ4v) is 2.56. The lowest BCUT2D eigenvalue weighted by Gasteiger charge is -2.24. The summed E-state index contributed by atoms with van der Waals surface area (Å²) in [6.07, 6.45) is 0.943. The highest BCUT2D eigenvalue weighted by atomic mass is 16.5. The molecule has 1 aromatic heterocycles. The van der Waals surface area contributed by atoms with Crippen LogP contribution in [0.1, 0.15) is 72.4 Å². The SMILES string of the molecule is CC(C)OCCc1nc2cc(C(C)(C)C)cc(C(C)(C)C)c2o1. The van der Waals surface area contributed by atoms with Crippen LogP contribution in [0, 0.1) is 0 Å². The molecule has 0 spiro atoms. The Morgan fingerprint density at radius 2 is 1.70 bits per heavy atom. The fourth-order valence-electron chi connectivity index (χ4n) is 2.56. The molecule has 3 nitrogen and oxygen atoms in total. The molecule has 0 unspecified atom stereocenters. The first-order valence-corrected chi connectivity index (χ1v) is 8.54. The predicted octanol–water partition coefficient (Wildman–Crippen LogP) is 5.39. The van der Waals surface area contributed by atoms with E-state index in [9.17, 15) is 0 Å². The van der Waals surface area contributed by atoms with Gasteiger partial charge in [-0.15, -0.1) is 0 Å². The number of hydrogen-bond acceptors (Lipinski definition) is 3. The van der Waals surface area contributed by atoms with E-state index in [4.69, 9.17) is 14.1 Å². The zero-order chi connectivity index (χ0) is 17.4. The molecule has 0 saturated heterocycles. The van der Waals surface area contributed by atoms with Gasteiger partial charge >= 0.3 is 0 Å². The first kappa shape index (κ1) is 18.0.